The maximum Gasteiger partial charge on any atom is 0.262 e. The summed E-state index contributed by atoms with van der Waals surface area (Å²) in [6.07, 6.45) is 0. The number of hydrogen-bond donors (Lipinski definition) is 0. The van der Waals surface area contributed by atoms with E-state index < -0.39 is 0 Å². The first kappa shape index (κ1) is 19.1. The maximum absolute atomic E-state index is 13.3. The molecule has 0 fully saturated rings. The number of hydrogen-bond acceptors (Lipinski definition) is 4. The van der Waals surface area contributed by atoms with Crippen LogP contribution in [0.25, 0.3) is 21.6 Å². The third-order valence-electron chi connectivity index (χ3n) is 4.94. The molecule has 4 nitrogen and oxygen atoms in total. The molecule has 138 valence electrons. The van der Waals surface area contributed by atoms with Crippen molar-refractivity contribution in [2.75, 3.05) is 19.6 Å². The van der Waals surface area contributed by atoms with Gasteiger partial charge in [0.15, 0.2) is 0 Å². The van der Waals surface area contributed by atoms with Crippen molar-refractivity contribution < 1.29 is 0 Å². The molecule has 0 aliphatic heterocycles. The van der Waals surface area contributed by atoms with E-state index in [1.54, 1.807) is 15.9 Å². The number of aromatic nitrogens is 2. The molecule has 0 N–H and O–H groups in total. The van der Waals surface area contributed by atoms with Crippen molar-refractivity contribution in [3.05, 3.63) is 50.1 Å². The van der Waals surface area contributed by atoms with Crippen LogP contribution >= 0.6 is 22.9 Å². The highest BCUT2D eigenvalue weighted by atomic mass is 35.5. The molecule has 3 aromatic rings. The zero-order chi connectivity index (χ0) is 18.8. The van der Waals surface area contributed by atoms with Crippen LogP contribution in [0.5, 0.6) is 0 Å². The van der Waals surface area contributed by atoms with Crippen LogP contribution in [0.3, 0.4) is 0 Å². The van der Waals surface area contributed by atoms with Gasteiger partial charge in [-0.2, -0.15) is 0 Å². The van der Waals surface area contributed by atoms with E-state index in [2.05, 4.69) is 18.7 Å². The average molecular weight is 390 g/mol. The largest absolute Gasteiger partial charge is 0.302 e. The van der Waals surface area contributed by atoms with Crippen LogP contribution in [0, 0.1) is 13.8 Å². The first-order valence-corrected chi connectivity index (χ1v) is 10.1. The summed E-state index contributed by atoms with van der Waals surface area (Å²) in [5, 5.41) is 1.35. The summed E-state index contributed by atoms with van der Waals surface area (Å²) in [5.41, 5.74) is 1.86. The molecule has 1 aromatic carbocycles. The third-order valence-corrected chi connectivity index (χ3v) is 6.37. The number of thiophene rings is 1. The number of benzene rings is 1. The Balaban J connectivity index is 2.22. The van der Waals surface area contributed by atoms with E-state index in [1.165, 1.54) is 0 Å². The van der Waals surface area contributed by atoms with E-state index in [1.807, 2.05) is 38.1 Å². The maximum atomic E-state index is 13.3. The standard InChI is InChI=1S/C20H24ClN3OS/c1-5-23(6-2)11-12-24-18(15-9-7-8-10-16(15)21)22-19-17(20(24)25)13(3)14(4)26-19/h7-10H,5-6,11-12H2,1-4H3. The summed E-state index contributed by atoms with van der Waals surface area (Å²) in [6, 6.07) is 7.59. The topological polar surface area (TPSA) is 38.1 Å². The van der Waals surface area contributed by atoms with Gasteiger partial charge in [-0.3, -0.25) is 9.36 Å². The Labute approximate surface area is 163 Å². The first-order valence-electron chi connectivity index (χ1n) is 8.95. The second kappa shape index (κ2) is 7.91. The van der Waals surface area contributed by atoms with Crippen molar-refractivity contribution in [3.63, 3.8) is 0 Å². The zero-order valence-electron chi connectivity index (χ0n) is 15.7. The van der Waals surface area contributed by atoms with Crippen molar-refractivity contribution in [1.82, 2.24) is 14.5 Å². The van der Waals surface area contributed by atoms with Gasteiger partial charge in [0, 0.05) is 23.5 Å². The Bertz CT molecular complexity index is 989. The van der Waals surface area contributed by atoms with Crippen LogP contribution in [0.1, 0.15) is 24.3 Å². The molecule has 0 unspecified atom stereocenters. The summed E-state index contributed by atoms with van der Waals surface area (Å²) < 4.78 is 1.79. The molecule has 0 radical (unpaired) electrons. The lowest BCUT2D eigenvalue weighted by Crippen LogP contribution is -2.32. The second-order valence-corrected chi connectivity index (χ2v) is 7.97. The van der Waals surface area contributed by atoms with E-state index in [-0.39, 0.29) is 5.56 Å². The van der Waals surface area contributed by atoms with Gasteiger partial charge in [-0.05, 0) is 44.6 Å². The number of fused-ring (bicyclic) bond motifs is 1. The Morgan fingerprint density at radius 3 is 2.54 bits per heavy atom. The minimum absolute atomic E-state index is 0.0268. The average Bonchev–Trinajstić information content (AvgIpc) is 2.92. The fourth-order valence-electron chi connectivity index (χ4n) is 3.16. The molecule has 0 atom stereocenters. The minimum atomic E-state index is 0.0268. The lowest BCUT2D eigenvalue weighted by molar-refractivity contribution is 0.289. The lowest BCUT2D eigenvalue weighted by atomic mass is 10.1. The van der Waals surface area contributed by atoms with Gasteiger partial charge < -0.3 is 4.90 Å². The van der Waals surface area contributed by atoms with Crippen molar-refractivity contribution in [2.24, 2.45) is 0 Å². The van der Waals surface area contributed by atoms with E-state index >= 15 is 0 Å². The predicted molar refractivity (Wildman–Crippen MR) is 112 cm³/mol. The lowest BCUT2D eigenvalue weighted by Gasteiger charge is -2.20. The smallest absolute Gasteiger partial charge is 0.262 e. The molecule has 0 amide bonds. The van der Waals surface area contributed by atoms with Crippen molar-refractivity contribution in [2.45, 2.75) is 34.2 Å². The zero-order valence-corrected chi connectivity index (χ0v) is 17.2. The van der Waals surface area contributed by atoms with E-state index in [0.717, 1.165) is 45.9 Å². The molecule has 0 aliphatic rings. The van der Waals surface area contributed by atoms with Crippen molar-refractivity contribution >= 4 is 33.2 Å². The quantitative estimate of drug-likeness (QED) is 0.611. The third kappa shape index (κ3) is 3.43. The molecule has 0 bridgehead atoms. The molecule has 3 rings (SSSR count). The number of nitrogens with zero attached hydrogens (tertiary/aromatic N) is 3. The number of likely N-dealkylation sites (N-methyl/N-ethyl adjacent to an activating group) is 1. The Morgan fingerprint density at radius 1 is 1.19 bits per heavy atom. The summed E-state index contributed by atoms with van der Waals surface area (Å²) in [5.74, 6) is 0.654. The van der Waals surface area contributed by atoms with Crippen LogP contribution in [-0.4, -0.2) is 34.1 Å². The van der Waals surface area contributed by atoms with Crippen LogP contribution in [0.15, 0.2) is 29.1 Å². The van der Waals surface area contributed by atoms with Crippen LogP contribution in [0.2, 0.25) is 5.02 Å². The molecular formula is C20H24ClN3OS. The molecule has 0 spiro atoms. The van der Waals surface area contributed by atoms with Gasteiger partial charge in [0.25, 0.3) is 5.56 Å². The fraction of sp³-hybridized carbons (Fsp3) is 0.400. The summed E-state index contributed by atoms with van der Waals surface area (Å²) in [7, 11) is 0. The highest BCUT2D eigenvalue weighted by Gasteiger charge is 2.19. The van der Waals surface area contributed by atoms with Crippen molar-refractivity contribution in [3.8, 4) is 11.4 Å². The molecule has 26 heavy (non-hydrogen) atoms. The first-order chi connectivity index (χ1) is 12.5. The highest BCUT2D eigenvalue weighted by molar-refractivity contribution is 7.18. The van der Waals surface area contributed by atoms with Crippen LogP contribution in [-0.2, 0) is 6.54 Å². The van der Waals surface area contributed by atoms with Crippen molar-refractivity contribution in [1.29, 1.82) is 0 Å². The molecular weight excluding hydrogens is 366 g/mol. The van der Waals surface area contributed by atoms with Crippen LogP contribution < -0.4 is 5.56 Å². The highest BCUT2D eigenvalue weighted by Crippen LogP contribution is 2.31. The van der Waals surface area contributed by atoms with Gasteiger partial charge in [-0.15, -0.1) is 11.3 Å². The van der Waals surface area contributed by atoms with Gasteiger partial charge in [0.1, 0.15) is 10.7 Å². The molecule has 0 saturated carbocycles. The molecule has 0 aliphatic carbocycles. The van der Waals surface area contributed by atoms with Crippen LogP contribution in [0.4, 0.5) is 0 Å². The molecule has 6 heteroatoms. The van der Waals surface area contributed by atoms with Gasteiger partial charge in [-0.25, -0.2) is 4.98 Å². The van der Waals surface area contributed by atoms with Gasteiger partial charge in [0.2, 0.25) is 0 Å². The van der Waals surface area contributed by atoms with Gasteiger partial charge in [0.05, 0.1) is 10.4 Å². The van der Waals surface area contributed by atoms with Gasteiger partial charge in [-0.1, -0.05) is 37.6 Å². The number of halogens is 1. The molecule has 2 heterocycles. The summed E-state index contributed by atoms with van der Waals surface area (Å²) in [6.45, 7) is 11.6. The van der Waals surface area contributed by atoms with E-state index in [0.29, 0.717) is 17.4 Å². The Hall–Kier alpha value is -1.69. The Morgan fingerprint density at radius 2 is 1.88 bits per heavy atom. The summed E-state index contributed by atoms with van der Waals surface area (Å²) in [4.78, 5) is 22.4. The number of rotatable bonds is 6. The SMILES string of the molecule is CCN(CC)CCn1c(-c2ccccc2Cl)nc2sc(C)c(C)c2c1=O. The Kier molecular flexibility index (Phi) is 5.80. The number of aryl methyl sites for hydroxylation is 2. The van der Waals surface area contributed by atoms with Gasteiger partial charge >= 0.3 is 0 Å². The molecule has 0 saturated heterocycles. The second-order valence-electron chi connectivity index (χ2n) is 6.36. The monoisotopic (exact) mass is 389 g/mol. The fourth-order valence-corrected chi connectivity index (χ4v) is 4.40. The van der Waals surface area contributed by atoms with E-state index in [4.69, 9.17) is 16.6 Å². The predicted octanol–water partition coefficient (Wildman–Crippen LogP) is 4.74. The normalized spacial score (nSPS) is 11.6. The summed E-state index contributed by atoms with van der Waals surface area (Å²) >= 11 is 8.00. The minimum Gasteiger partial charge on any atom is -0.302 e. The molecule has 2 aromatic heterocycles. The van der Waals surface area contributed by atoms with E-state index in [9.17, 15) is 4.79 Å².